The van der Waals surface area contributed by atoms with Crippen molar-refractivity contribution in [3.05, 3.63) is 67.0 Å². The van der Waals surface area contributed by atoms with Crippen LogP contribution in [0, 0.1) is 9.39 Å². The number of hydrogen-bond donors (Lipinski definition) is 0. The SMILES string of the molecule is O=C(c1ccc(Cl)cc1F)c1cc(Cl)ccc1I. The molecule has 0 unspecified atom stereocenters. The summed E-state index contributed by atoms with van der Waals surface area (Å²) in [6.45, 7) is 0. The lowest BCUT2D eigenvalue weighted by Crippen LogP contribution is -2.06. The van der Waals surface area contributed by atoms with Crippen molar-refractivity contribution in [2.75, 3.05) is 0 Å². The van der Waals surface area contributed by atoms with Gasteiger partial charge in [-0.15, -0.1) is 0 Å². The summed E-state index contributed by atoms with van der Waals surface area (Å²) in [5.74, 6) is -1.04. The van der Waals surface area contributed by atoms with E-state index in [1.54, 1.807) is 12.1 Å². The standard InChI is InChI=1S/C13H6Cl2FIO/c14-7-2-4-12(17)10(5-7)13(18)9-3-1-8(15)6-11(9)16/h1-6H. The Morgan fingerprint density at radius 3 is 2.28 bits per heavy atom. The van der Waals surface area contributed by atoms with Gasteiger partial charge in [-0.3, -0.25) is 4.79 Å². The van der Waals surface area contributed by atoms with Crippen LogP contribution in [0.2, 0.25) is 10.0 Å². The molecule has 2 aromatic carbocycles. The Balaban J connectivity index is 2.51. The maximum Gasteiger partial charge on any atom is 0.197 e. The minimum atomic E-state index is -0.636. The van der Waals surface area contributed by atoms with Crippen LogP contribution in [-0.4, -0.2) is 5.78 Å². The van der Waals surface area contributed by atoms with E-state index in [-0.39, 0.29) is 10.6 Å². The highest BCUT2D eigenvalue weighted by atomic mass is 127. The van der Waals surface area contributed by atoms with Crippen LogP contribution in [0.1, 0.15) is 15.9 Å². The third kappa shape index (κ3) is 2.84. The molecule has 0 N–H and O–H groups in total. The summed E-state index contributed by atoms with van der Waals surface area (Å²) in [4.78, 5) is 12.2. The smallest absolute Gasteiger partial charge is 0.197 e. The lowest BCUT2D eigenvalue weighted by atomic mass is 10.0. The van der Waals surface area contributed by atoms with Gasteiger partial charge in [0.1, 0.15) is 5.82 Å². The Labute approximate surface area is 127 Å². The fraction of sp³-hybridized carbons (Fsp3) is 0. The number of ketones is 1. The zero-order chi connectivity index (χ0) is 13.3. The summed E-state index contributed by atoms with van der Waals surface area (Å²) in [5.41, 5.74) is 0.365. The van der Waals surface area contributed by atoms with Crippen molar-refractivity contribution in [2.45, 2.75) is 0 Å². The molecule has 0 saturated heterocycles. The molecule has 0 aliphatic carbocycles. The average Bonchev–Trinajstić information content (AvgIpc) is 2.31. The van der Waals surface area contributed by atoms with Gasteiger partial charge in [-0.1, -0.05) is 23.2 Å². The zero-order valence-corrected chi connectivity index (χ0v) is 12.6. The molecule has 1 nitrogen and oxygen atoms in total. The molecule has 0 amide bonds. The first-order valence-corrected chi connectivity index (χ1v) is 6.77. The van der Waals surface area contributed by atoms with E-state index in [0.29, 0.717) is 10.6 Å². The van der Waals surface area contributed by atoms with Gasteiger partial charge in [-0.05, 0) is 59.0 Å². The van der Waals surface area contributed by atoms with Crippen LogP contribution in [0.5, 0.6) is 0 Å². The van der Waals surface area contributed by atoms with E-state index in [9.17, 15) is 9.18 Å². The Morgan fingerprint density at radius 1 is 1.00 bits per heavy atom. The summed E-state index contributed by atoms with van der Waals surface area (Å²) < 4.78 is 14.4. The second kappa shape index (κ2) is 5.55. The maximum atomic E-state index is 13.7. The van der Waals surface area contributed by atoms with Gasteiger partial charge in [0.2, 0.25) is 0 Å². The predicted octanol–water partition coefficient (Wildman–Crippen LogP) is 4.97. The number of halogens is 4. The molecule has 0 aliphatic heterocycles. The molecule has 0 saturated carbocycles. The van der Waals surface area contributed by atoms with Crippen LogP contribution in [0.15, 0.2) is 36.4 Å². The van der Waals surface area contributed by atoms with Crippen molar-refractivity contribution in [1.29, 1.82) is 0 Å². The quantitative estimate of drug-likeness (QED) is 0.519. The van der Waals surface area contributed by atoms with Crippen LogP contribution in [-0.2, 0) is 0 Å². The molecule has 0 aliphatic rings. The van der Waals surface area contributed by atoms with Gasteiger partial charge in [-0.2, -0.15) is 0 Å². The topological polar surface area (TPSA) is 17.1 Å². The monoisotopic (exact) mass is 394 g/mol. The Bertz CT molecular complexity index is 628. The molecular formula is C13H6Cl2FIO. The summed E-state index contributed by atoms with van der Waals surface area (Å²) in [7, 11) is 0. The van der Waals surface area contributed by atoms with Crippen LogP contribution in [0.4, 0.5) is 4.39 Å². The van der Waals surface area contributed by atoms with Gasteiger partial charge >= 0.3 is 0 Å². The molecule has 18 heavy (non-hydrogen) atoms. The highest BCUT2D eigenvalue weighted by Crippen LogP contribution is 2.23. The van der Waals surface area contributed by atoms with E-state index < -0.39 is 11.6 Å². The first-order valence-electron chi connectivity index (χ1n) is 4.94. The molecule has 0 atom stereocenters. The molecule has 2 rings (SSSR count). The Morgan fingerprint density at radius 2 is 1.61 bits per heavy atom. The first-order chi connectivity index (χ1) is 8.49. The molecule has 0 spiro atoms. The molecule has 92 valence electrons. The van der Waals surface area contributed by atoms with Crippen LogP contribution >= 0.6 is 45.8 Å². The molecule has 0 aromatic heterocycles. The van der Waals surface area contributed by atoms with Gasteiger partial charge in [0.15, 0.2) is 5.78 Å². The van der Waals surface area contributed by atoms with Crippen molar-refractivity contribution in [3.8, 4) is 0 Å². The van der Waals surface area contributed by atoms with Gasteiger partial charge < -0.3 is 0 Å². The minimum Gasteiger partial charge on any atom is -0.288 e. The fourth-order valence-corrected chi connectivity index (χ4v) is 2.40. The van der Waals surface area contributed by atoms with E-state index in [4.69, 9.17) is 23.2 Å². The van der Waals surface area contributed by atoms with Crippen molar-refractivity contribution in [3.63, 3.8) is 0 Å². The molecule has 5 heteroatoms. The maximum absolute atomic E-state index is 13.7. The second-order valence-electron chi connectivity index (χ2n) is 3.58. The lowest BCUT2D eigenvalue weighted by molar-refractivity contribution is 0.103. The van der Waals surface area contributed by atoms with Crippen molar-refractivity contribution in [1.82, 2.24) is 0 Å². The zero-order valence-electron chi connectivity index (χ0n) is 8.88. The normalized spacial score (nSPS) is 10.4. The Kier molecular flexibility index (Phi) is 4.25. The van der Waals surface area contributed by atoms with Crippen LogP contribution < -0.4 is 0 Å². The third-order valence-electron chi connectivity index (χ3n) is 2.35. The number of benzene rings is 2. The summed E-state index contributed by atoms with van der Waals surface area (Å²) in [5, 5.41) is 0.693. The van der Waals surface area contributed by atoms with Crippen LogP contribution in [0.25, 0.3) is 0 Å². The highest BCUT2D eigenvalue weighted by molar-refractivity contribution is 14.1. The number of rotatable bonds is 2. The fourth-order valence-electron chi connectivity index (χ4n) is 1.49. The second-order valence-corrected chi connectivity index (χ2v) is 5.61. The van der Waals surface area contributed by atoms with E-state index in [1.807, 2.05) is 22.6 Å². The molecule has 2 aromatic rings. The molecule has 0 bridgehead atoms. The Hall–Kier alpha value is -0.650. The first kappa shape index (κ1) is 13.8. The van der Waals surface area contributed by atoms with Gasteiger partial charge in [0, 0.05) is 19.2 Å². The van der Waals surface area contributed by atoms with E-state index in [1.165, 1.54) is 18.2 Å². The highest BCUT2D eigenvalue weighted by Gasteiger charge is 2.17. The third-order valence-corrected chi connectivity index (χ3v) is 3.76. The number of carbonyl (C=O) groups excluding carboxylic acids is 1. The van der Waals surface area contributed by atoms with Crippen molar-refractivity contribution < 1.29 is 9.18 Å². The van der Waals surface area contributed by atoms with Gasteiger partial charge in [0.05, 0.1) is 5.56 Å². The van der Waals surface area contributed by atoms with E-state index in [2.05, 4.69) is 0 Å². The minimum absolute atomic E-state index is 0.0143. The van der Waals surface area contributed by atoms with Crippen molar-refractivity contribution in [2.24, 2.45) is 0 Å². The lowest BCUT2D eigenvalue weighted by Gasteiger charge is -2.06. The number of hydrogen-bond acceptors (Lipinski definition) is 1. The number of carbonyl (C=O) groups is 1. The van der Waals surface area contributed by atoms with Gasteiger partial charge in [-0.25, -0.2) is 4.39 Å². The predicted molar refractivity (Wildman–Crippen MR) is 79.0 cm³/mol. The van der Waals surface area contributed by atoms with E-state index in [0.717, 1.165) is 9.64 Å². The molecule has 0 heterocycles. The average molecular weight is 395 g/mol. The molecule has 0 fully saturated rings. The van der Waals surface area contributed by atoms with Gasteiger partial charge in [0.25, 0.3) is 0 Å². The summed E-state index contributed by atoms with van der Waals surface area (Å²) in [6, 6.07) is 8.89. The summed E-state index contributed by atoms with van der Waals surface area (Å²) in [6.07, 6.45) is 0. The van der Waals surface area contributed by atoms with E-state index >= 15 is 0 Å². The van der Waals surface area contributed by atoms with Crippen LogP contribution in [0.3, 0.4) is 0 Å². The largest absolute Gasteiger partial charge is 0.288 e. The molecular weight excluding hydrogens is 389 g/mol. The molecule has 0 radical (unpaired) electrons. The summed E-state index contributed by atoms with van der Waals surface area (Å²) >= 11 is 13.5. The van der Waals surface area contributed by atoms with Crippen molar-refractivity contribution >= 4 is 51.6 Å².